The van der Waals surface area contributed by atoms with Gasteiger partial charge in [-0.15, -0.1) is 0 Å². The van der Waals surface area contributed by atoms with E-state index in [1.54, 1.807) is 0 Å². The molecule has 1 fully saturated rings. The van der Waals surface area contributed by atoms with E-state index in [1.807, 2.05) is 13.0 Å². The predicted octanol–water partition coefficient (Wildman–Crippen LogP) is 2.51. The largest absolute Gasteiger partial charge is 0.381 e. The second kappa shape index (κ2) is 5.97. The lowest BCUT2D eigenvalue weighted by atomic mass is 9.96. The van der Waals surface area contributed by atoms with E-state index >= 15 is 0 Å². The number of aromatic nitrogens is 1. The summed E-state index contributed by atoms with van der Waals surface area (Å²) in [6.45, 7) is 5.09. The Kier molecular flexibility index (Phi) is 4.31. The first kappa shape index (κ1) is 11.6. The quantitative estimate of drug-likeness (QED) is 0.783. The van der Waals surface area contributed by atoms with E-state index in [1.165, 1.54) is 5.69 Å². The maximum Gasteiger partial charge on any atom is 0.0887 e. The van der Waals surface area contributed by atoms with Crippen molar-refractivity contribution in [3.05, 3.63) is 29.6 Å². The van der Waals surface area contributed by atoms with Crippen LogP contribution in [0.3, 0.4) is 0 Å². The zero-order valence-electron chi connectivity index (χ0n) is 9.82. The van der Waals surface area contributed by atoms with Crippen LogP contribution in [0, 0.1) is 0 Å². The Morgan fingerprint density at radius 2 is 2.19 bits per heavy atom. The van der Waals surface area contributed by atoms with Crippen molar-refractivity contribution in [1.82, 2.24) is 4.98 Å². The molecule has 1 aliphatic rings. The van der Waals surface area contributed by atoms with Gasteiger partial charge < -0.3 is 9.47 Å². The third-order valence-electron chi connectivity index (χ3n) is 2.92. The average Bonchev–Trinajstić information content (AvgIpc) is 2.38. The second-order valence-electron chi connectivity index (χ2n) is 4.08. The zero-order valence-corrected chi connectivity index (χ0v) is 9.82. The second-order valence-corrected chi connectivity index (χ2v) is 4.08. The van der Waals surface area contributed by atoms with Crippen molar-refractivity contribution >= 4 is 0 Å². The molecule has 0 spiro atoms. The van der Waals surface area contributed by atoms with E-state index in [4.69, 9.17) is 9.47 Å². The molecule has 1 aromatic rings. The normalized spacial score (nSPS) is 17.6. The molecule has 1 saturated heterocycles. The monoisotopic (exact) mass is 221 g/mol. The molecule has 0 aliphatic carbocycles. The van der Waals surface area contributed by atoms with Crippen molar-refractivity contribution in [1.29, 1.82) is 0 Å². The SMILES string of the molecule is CCOCc1cccc(C2CCOCC2)n1. The number of rotatable bonds is 4. The van der Waals surface area contributed by atoms with Gasteiger partial charge in [-0.1, -0.05) is 6.07 Å². The van der Waals surface area contributed by atoms with Crippen molar-refractivity contribution in [2.75, 3.05) is 19.8 Å². The summed E-state index contributed by atoms with van der Waals surface area (Å²) in [5, 5.41) is 0. The van der Waals surface area contributed by atoms with E-state index in [9.17, 15) is 0 Å². The van der Waals surface area contributed by atoms with Crippen LogP contribution in [-0.4, -0.2) is 24.8 Å². The molecule has 3 nitrogen and oxygen atoms in total. The van der Waals surface area contributed by atoms with Crippen LogP contribution >= 0.6 is 0 Å². The fourth-order valence-corrected chi connectivity index (χ4v) is 2.01. The number of nitrogens with zero attached hydrogens (tertiary/aromatic N) is 1. The molecule has 16 heavy (non-hydrogen) atoms. The average molecular weight is 221 g/mol. The number of ether oxygens (including phenoxy) is 2. The van der Waals surface area contributed by atoms with E-state index < -0.39 is 0 Å². The third kappa shape index (κ3) is 3.03. The van der Waals surface area contributed by atoms with Crippen molar-refractivity contribution in [2.45, 2.75) is 32.3 Å². The predicted molar refractivity (Wildman–Crippen MR) is 62.4 cm³/mol. The molecule has 0 atom stereocenters. The molecule has 0 saturated carbocycles. The summed E-state index contributed by atoms with van der Waals surface area (Å²) < 4.78 is 10.7. The van der Waals surface area contributed by atoms with Gasteiger partial charge in [0.25, 0.3) is 0 Å². The van der Waals surface area contributed by atoms with Gasteiger partial charge in [0, 0.05) is 31.4 Å². The van der Waals surface area contributed by atoms with Gasteiger partial charge in [-0.2, -0.15) is 0 Å². The number of hydrogen-bond acceptors (Lipinski definition) is 3. The lowest BCUT2D eigenvalue weighted by Crippen LogP contribution is -2.15. The van der Waals surface area contributed by atoms with Gasteiger partial charge in [0.15, 0.2) is 0 Å². The Hall–Kier alpha value is -0.930. The fraction of sp³-hybridized carbons (Fsp3) is 0.615. The van der Waals surface area contributed by atoms with Crippen LogP contribution in [-0.2, 0) is 16.1 Å². The molecule has 0 unspecified atom stereocenters. The summed E-state index contributed by atoms with van der Waals surface area (Å²) >= 11 is 0. The Morgan fingerprint density at radius 1 is 1.38 bits per heavy atom. The summed E-state index contributed by atoms with van der Waals surface area (Å²) in [5.74, 6) is 0.565. The maximum atomic E-state index is 5.37. The maximum absolute atomic E-state index is 5.37. The lowest BCUT2D eigenvalue weighted by Gasteiger charge is -2.21. The van der Waals surface area contributed by atoms with Crippen LogP contribution < -0.4 is 0 Å². The zero-order chi connectivity index (χ0) is 11.2. The summed E-state index contributed by atoms with van der Waals surface area (Å²) in [5.41, 5.74) is 2.23. The Bertz CT molecular complexity index is 321. The van der Waals surface area contributed by atoms with E-state index in [-0.39, 0.29) is 0 Å². The Balaban J connectivity index is 2.02. The van der Waals surface area contributed by atoms with Crippen LogP contribution in [0.15, 0.2) is 18.2 Å². The summed E-state index contributed by atoms with van der Waals surface area (Å²) in [6, 6.07) is 6.22. The van der Waals surface area contributed by atoms with Gasteiger partial charge in [0.05, 0.1) is 12.3 Å². The molecular weight excluding hydrogens is 202 g/mol. The number of hydrogen-bond donors (Lipinski definition) is 0. The van der Waals surface area contributed by atoms with E-state index in [2.05, 4.69) is 17.1 Å². The van der Waals surface area contributed by atoms with E-state index in [0.717, 1.165) is 38.4 Å². The molecule has 0 amide bonds. The van der Waals surface area contributed by atoms with Crippen LogP contribution in [0.4, 0.5) is 0 Å². The van der Waals surface area contributed by atoms with E-state index in [0.29, 0.717) is 12.5 Å². The molecule has 1 aliphatic heterocycles. The Labute approximate surface area is 96.8 Å². The van der Waals surface area contributed by atoms with Gasteiger partial charge in [0.1, 0.15) is 0 Å². The molecule has 0 radical (unpaired) electrons. The van der Waals surface area contributed by atoms with Gasteiger partial charge in [-0.25, -0.2) is 0 Å². The Morgan fingerprint density at radius 3 is 2.94 bits per heavy atom. The minimum atomic E-state index is 0.565. The smallest absolute Gasteiger partial charge is 0.0887 e. The summed E-state index contributed by atoms with van der Waals surface area (Å²) in [7, 11) is 0. The highest BCUT2D eigenvalue weighted by atomic mass is 16.5. The van der Waals surface area contributed by atoms with Crippen LogP contribution in [0.1, 0.15) is 37.1 Å². The van der Waals surface area contributed by atoms with Crippen LogP contribution in [0.5, 0.6) is 0 Å². The molecule has 2 rings (SSSR count). The topological polar surface area (TPSA) is 31.4 Å². The summed E-state index contributed by atoms with van der Waals surface area (Å²) in [4.78, 5) is 4.65. The molecule has 0 aromatic carbocycles. The first-order valence-electron chi connectivity index (χ1n) is 6.01. The van der Waals surface area contributed by atoms with Gasteiger partial charge in [0.2, 0.25) is 0 Å². The number of pyridine rings is 1. The van der Waals surface area contributed by atoms with Crippen LogP contribution in [0.2, 0.25) is 0 Å². The molecule has 0 N–H and O–H groups in total. The molecule has 1 aromatic heterocycles. The minimum Gasteiger partial charge on any atom is -0.381 e. The molecule has 3 heteroatoms. The first-order chi connectivity index (χ1) is 7.90. The van der Waals surface area contributed by atoms with Crippen molar-refractivity contribution in [3.8, 4) is 0 Å². The van der Waals surface area contributed by atoms with Gasteiger partial charge in [-0.05, 0) is 31.9 Å². The first-order valence-corrected chi connectivity index (χ1v) is 6.01. The van der Waals surface area contributed by atoms with Crippen molar-refractivity contribution in [3.63, 3.8) is 0 Å². The van der Waals surface area contributed by atoms with Crippen LogP contribution in [0.25, 0.3) is 0 Å². The molecule has 0 bridgehead atoms. The standard InChI is InChI=1S/C13H19NO2/c1-2-15-10-12-4-3-5-13(14-12)11-6-8-16-9-7-11/h3-5,11H,2,6-10H2,1H3. The van der Waals surface area contributed by atoms with Crippen molar-refractivity contribution in [2.24, 2.45) is 0 Å². The molecule has 88 valence electrons. The van der Waals surface area contributed by atoms with Crippen molar-refractivity contribution < 1.29 is 9.47 Å². The molecular formula is C13H19NO2. The lowest BCUT2D eigenvalue weighted by molar-refractivity contribution is 0.0842. The minimum absolute atomic E-state index is 0.565. The van der Waals surface area contributed by atoms with Gasteiger partial charge >= 0.3 is 0 Å². The fourth-order valence-electron chi connectivity index (χ4n) is 2.01. The highest BCUT2D eigenvalue weighted by Crippen LogP contribution is 2.25. The highest BCUT2D eigenvalue weighted by Gasteiger charge is 2.17. The summed E-state index contributed by atoms with van der Waals surface area (Å²) in [6.07, 6.45) is 2.18. The third-order valence-corrected chi connectivity index (χ3v) is 2.92. The highest BCUT2D eigenvalue weighted by molar-refractivity contribution is 5.15. The van der Waals surface area contributed by atoms with Gasteiger partial charge in [-0.3, -0.25) is 4.98 Å². The molecule has 2 heterocycles.